The highest BCUT2D eigenvalue weighted by molar-refractivity contribution is 7.16. The van der Waals surface area contributed by atoms with Crippen LogP contribution >= 0.6 is 11.3 Å². The summed E-state index contributed by atoms with van der Waals surface area (Å²) in [6.07, 6.45) is 0. The van der Waals surface area contributed by atoms with Crippen molar-refractivity contribution >= 4 is 27.3 Å². The monoisotopic (exact) mass is 505 g/mol. The first-order valence-electron chi connectivity index (χ1n) is 11.8. The Kier molecular flexibility index (Phi) is 6.04. The molecule has 4 aromatic rings. The summed E-state index contributed by atoms with van der Waals surface area (Å²) in [5.74, 6) is 0.654. The number of benzene rings is 3. The number of fused-ring (bicyclic) bond motifs is 2. The molecule has 0 bridgehead atoms. The molecule has 0 saturated carbocycles. The Morgan fingerprint density at radius 2 is 1.69 bits per heavy atom. The van der Waals surface area contributed by atoms with Gasteiger partial charge in [0.05, 0.1) is 22.4 Å². The van der Waals surface area contributed by atoms with Crippen LogP contribution in [0.3, 0.4) is 0 Å². The van der Waals surface area contributed by atoms with Crippen LogP contribution in [0.5, 0.6) is 11.5 Å². The molecule has 2 aliphatic rings. The highest BCUT2D eigenvalue weighted by atomic mass is 32.1. The molecule has 0 amide bonds. The molecule has 2 aliphatic heterocycles. The van der Waals surface area contributed by atoms with E-state index in [9.17, 15) is 14.0 Å². The number of thiazole rings is 1. The van der Waals surface area contributed by atoms with Gasteiger partial charge in [0.25, 0.3) is 0 Å². The molecule has 9 heteroatoms. The average molecular weight is 506 g/mol. The molecule has 3 heterocycles. The average Bonchev–Trinajstić information content (AvgIpc) is 3.48. The van der Waals surface area contributed by atoms with Gasteiger partial charge >= 0.3 is 4.87 Å². The number of nitrogens with zero attached hydrogens (tertiary/aromatic N) is 3. The van der Waals surface area contributed by atoms with Crippen LogP contribution in [0.2, 0.25) is 0 Å². The van der Waals surface area contributed by atoms with Crippen LogP contribution in [-0.2, 0) is 13.2 Å². The van der Waals surface area contributed by atoms with Gasteiger partial charge in [-0.05, 0) is 48.0 Å². The second-order valence-corrected chi connectivity index (χ2v) is 10.0. The van der Waals surface area contributed by atoms with Gasteiger partial charge in [-0.25, -0.2) is 4.39 Å². The van der Waals surface area contributed by atoms with Gasteiger partial charge in [-0.15, -0.1) is 0 Å². The van der Waals surface area contributed by atoms with E-state index in [0.29, 0.717) is 12.2 Å². The molecule has 6 rings (SSSR count). The van der Waals surface area contributed by atoms with Gasteiger partial charge in [-0.3, -0.25) is 24.0 Å². The Hall–Kier alpha value is -3.53. The van der Waals surface area contributed by atoms with Crippen molar-refractivity contribution in [2.75, 3.05) is 33.0 Å². The third kappa shape index (κ3) is 4.41. The summed E-state index contributed by atoms with van der Waals surface area (Å²) < 4.78 is 27.4. The summed E-state index contributed by atoms with van der Waals surface area (Å²) >= 11 is 1.11. The van der Waals surface area contributed by atoms with Gasteiger partial charge in [-0.1, -0.05) is 29.5 Å². The molecule has 0 radical (unpaired) electrons. The predicted octanol–water partition coefficient (Wildman–Crippen LogP) is 3.94. The summed E-state index contributed by atoms with van der Waals surface area (Å²) in [4.78, 5) is 30.2. The molecule has 1 saturated heterocycles. The number of hydrogen-bond acceptors (Lipinski definition) is 7. The Morgan fingerprint density at radius 1 is 0.917 bits per heavy atom. The molecular weight excluding hydrogens is 481 g/mol. The fraction of sp³-hybridized carbons (Fsp3) is 0.259. The molecule has 36 heavy (non-hydrogen) atoms. The molecule has 1 fully saturated rings. The van der Waals surface area contributed by atoms with E-state index >= 15 is 0 Å². The van der Waals surface area contributed by atoms with E-state index in [2.05, 4.69) is 15.9 Å². The SMILES string of the molecule is O=C(c1ccc2c(c1)sc(=O)n2CN1CCN(Cc2ccc3c(c2)OCO3)CC1)c1ccccc1F. The number of carbonyl (C=O) groups excluding carboxylic acids is 1. The van der Waals surface area contributed by atoms with E-state index in [1.165, 1.54) is 17.7 Å². The number of halogens is 1. The highest BCUT2D eigenvalue weighted by Crippen LogP contribution is 2.33. The minimum atomic E-state index is -0.550. The molecular formula is C27H24FN3O4S. The van der Waals surface area contributed by atoms with E-state index in [4.69, 9.17) is 9.47 Å². The first kappa shape index (κ1) is 22.9. The second-order valence-electron chi connectivity index (χ2n) is 9.01. The molecule has 0 aliphatic carbocycles. The lowest BCUT2D eigenvalue weighted by Gasteiger charge is -2.34. The van der Waals surface area contributed by atoms with Gasteiger partial charge in [0.2, 0.25) is 6.79 Å². The zero-order chi connectivity index (χ0) is 24.6. The molecule has 0 N–H and O–H groups in total. The minimum Gasteiger partial charge on any atom is -0.454 e. The number of rotatable bonds is 6. The lowest BCUT2D eigenvalue weighted by atomic mass is 10.0. The Balaban J connectivity index is 1.12. The van der Waals surface area contributed by atoms with E-state index in [1.807, 2.05) is 12.1 Å². The number of piperazine rings is 1. The summed E-state index contributed by atoms with van der Waals surface area (Å²) in [5, 5.41) is 0. The van der Waals surface area contributed by atoms with Crippen molar-refractivity contribution in [3.8, 4) is 11.5 Å². The number of hydrogen-bond donors (Lipinski definition) is 0. The number of aromatic nitrogens is 1. The van der Waals surface area contributed by atoms with Crippen LogP contribution in [-0.4, -0.2) is 53.1 Å². The van der Waals surface area contributed by atoms with Crippen molar-refractivity contribution in [2.45, 2.75) is 13.2 Å². The molecule has 3 aromatic carbocycles. The summed E-state index contributed by atoms with van der Waals surface area (Å²) in [6, 6.07) is 17.2. The van der Waals surface area contributed by atoms with Crippen molar-refractivity contribution in [3.05, 3.63) is 92.8 Å². The molecule has 1 aromatic heterocycles. The lowest BCUT2D eigenvalue weighted by molar-refractivity contribution is 0.103. The summed E-state index contributed by atoms with van der Waals surface area (Å²) in [6.45, 7) is 5.09. The van der Waals surface area contributed by atoms with Gasteiger partial charge < -0.3 is 9.47 Å². The largest absolute Gasteiger partial charge is 0.454 e. The standard InChI is InChI=1S/C27H24FN3O4S/c28-21-4-2-1-3-20(21)26(32)19-6-7-22-25(14-19)36-27(33)31(22)16-30-11-9-29(10-12-30)15-18-5-8-23-24(13-18)35-17-34-23/h1-8,13-14H,9-12,15-17H2. The fourth-order valence-electron chi connectivity index (χ4n) is 4.73. The second kappa shape index (κ2) is 9.50. The number of carbonyl (C=O) groups is 1. The van der Waals surface area contributed by atoms with Crippen LogP contribution in [0.25, 0.3) is 10.2 Å². The smallest absolute Gasteiger partial charge is 0.309 e. The van der Waals surface area contributed by atoms with E-state index in [1.54, 1.807) is 34.9 Å². The van der Waals surface area contributed by atoms with Gasteiger partial charge in [0, 0.05) is 38.3 Å². The van der Waals surface area contributed by atoms with Crippen molar-refractivity contribution in [3.63, 3.8) is 0 Å². The van der Waals surface area contributed by atoms with E-state index < -0.39 is 5.82 Å². The van der Waals surface area contributed by atoms with Crippen LogP contribution in [0.1, 0.15) is 21.5 Å². The van der Waals surface area contributed by atoms with E-state index in [-0.39, 0.29) is 23.0 Å². The predicted molar refractivity (Wildman–Crippen MR) is 135 cm³/mol. The highest BCUT2D eigenvalue weighted by Gasteiger charge is 2.21. The Bertz CT molecular complexity index is 1510. The molecule has 7 nitrogen and oxygen atoms in total. The van der Waals surface area contributed by atoms with Gasteiger partial charge in [0.1, 0.15) is 5.82 Å². The van der Waals surface area contributed by atoms with Crippen molar-refractivity contribution in [1.29, 1.82) is 0 Å². The third-order valence-electron chi connectivity index (χ3n) is 6.70. The molecule has 0 unspecified atom stereocenters. The quantitative estimate of drug-likeness (QED) is 0.370. The number of ether oxygens (including phenoxy) is 2. The first-order valence-corrected chi connectivity index (χ1v) is 12.6. The molecule has 0 spiro atoms. The maximum atomic E-state index is 14.1. The van der Waals surface area contributed by atoms with Crippen LogP contribution < -0.4 is 14.3 Å². The van der Waals surface area contributed by atoms with Crippen molar-refractivity contribution < 1.29 is 18.7 Å². The summed E-state index contributed by atoms with van der Waals surface area (Å²) in [7, 11) is 0. The Morgan fingerprint density at radius 3 is 2.53 bits per heavy atom. The van der Waals surface area contributed by atoms with Crippen LogP contribution in [0.4, 0.5) is 4.39 Å². The van der Waals surface area contributed by atoms with Crippen molar-refractivity contribution in [1.82, 2.24) is 14.4 Å². The maximum absolute atomic E-state index is 14.1. The molecule has 184 valence electrons. The zero-order valence-corrected chi connectivity index (χ0v) is 20.3. The van der Waals surface area contributed by atoms with Crippen LogP contribution in [0.15, 0.2) is 65.5 Å². The topological polar surface area (TPSA) is 64.0 Å². The summed E-state index contributed by atoms with van der Waals surface area (Å²) in [5.41, 5.74) is 2.38. The molecule has 0 atom stereocenters. The van der Waals surface area contributed by atoms with Gasteiger partial charge in [-0.2, -0.15) is 0 Å². The normalized spacial score (nSPS) is 16.0. The first-order chi connectivity index (χ1) is 17.5. The maximum Gasteiger partial charge on any atom is 0.309 e. The number of ketones is 1. The van der Waals surface area contributed by atoms with Gasteiger partial charge in [0.15, 0.2) is 17.3 Å². The lowest BCUT2D eigenvalue weighted by Crippen LogP contribution is -2.46. The zero-order valence-electron chi connectivity index (χ0n) is 19.5. The fourth-order valence-corrected chi connectivity index (χ4v) is 5.65. The van der Waals surface area contributed by atoms with Crippen LogP contribution in [0, 0.1) is 5.82 Å². The van der Waals surface area contributed by atoms with Crippen molar-refractivity contribution in [2.24, 2.45) is 0 Å². The Labute approximate surface area is 210 Å². The van der Waals surface area contributed by atoms with E-state index in [0.717, 1.165) is 65.8 Å². The minimum absolute atomic E-state index is 0.0299. The third-order valence-corrected chi connectivity index (χ3v) is 7.64.